The van der Waals surface area contributed by atoms with Crippen molar-refractivity contribution in [3.8, 4) is 0 Å². The van der Waals surface area contributed by atoms with Crippen LogP contribution < -0.4 is 5.32 Å². The Hall–Kier alpha value is -0.640. The number of hydrogen-bond donors (Lipinski definition) is 1. The van der Waals surface area contributed by atoms with Gasteiger partial charge >= 0.3 is 0 Å². The van der Waals surface area contributed by atoms with Crippen molar-refractivity contribution in [2.45, 2.75) is 38.8 Å². The molecule has 2 rings (SSSR count). The molecular formula is C15H22ClFN2. The second-order valence-corrected chi connectivity index (χ2v) is 5.63. The van der Waals surface area contributed by atoms with Gasteiger partial charge in [0, 0.05) is 23.7 Å². The maximum atomic E-state index is 13.2. The van der Waals surface area contributed by atoms with E-state index in [4.69, 9.17) is 11.6 Å². The first-order chi connectivity index (χ1) is 9.13. The van der Waals surface area contributed by atoms with Crippen LogP contribution in [-0.2, 0) is 0 Å². The van der Waals surface area contributed by atoms with Gasteiger partial charge in [0.25, 0.3) is 0 Å². The summed E-state index contributed by atoms with van der Waals surface area (Å²) >= 11 is 6.19. The monoisotopic (exact) mass is 284 g/mol. The zero-order valence-electron chi connectivity index (χ0n) is 11.6. The highest BCUT2D eigenvalue weighted by Gasteiger charge is 2.27. The van der Waals surface area contributed by atoms with Gasteiger partial charge in [0.05, 0.1) is 0 Å². The van der Waals surface area contributed by atoms with Crippen molar-refractivity contribution in [3.05, 3.63) is 34.6 Å². The van der Waals surface area contributed by atoms with Gasteiger partial charge in [-0.1, -0.05) is 24.6 Å². The van der Waals surface area contributed by atoms with E-state index in [1.165, 1.54) is 18.6 Å². The topological polar surface area (TPSA) is 15.3 Å². The Morgan fingerprint density at radius 3 is 2.89 bits per heavy atom. The highest BCUT2D eigenvalue weighted by Crippen LogP contribution is 2.30. The average Bonchev–Trinajstić information content (AvgIpc) is 2.89. The summed E-state index contributed by atoms with van der Waals surface area (Å²) in [6.45, 7) is 7.50. The minimum absolute atomic E-state index is 0.220. The molecule has 1 aliphatic rings. The molecule has 1 aliphatic heterocycles. The fourth-order valence-corrected chi connectivity index (χ4v) is 3.22. The fourth-order valence-electron chi connectivity index (χ4n) is 2.89. The lowest BCUT2D eigenvalue weighted by atomic mass is 10.0. The summed E-state index contributed by atoms with van der Waals surface area (Å²) in [6.07, 6.45) is 2.28. The van der Waals surface area contributed by atoms with Gasteiger partial charge in [-0.25, -0.2) is 4.39 Å². The molecule has 2 nitrogen and oxygen atoms in total. The maximum absolute atomic E-state index is 13.2. The molecule has 1 fully saturated rings. The lowest BCUT2D eigenvalue weighted by Gasteiger charge is -2.34. The van der Waals surface area contributed by atoms with Gasteiger partial charge in [0.15, 0.2) is 0 Å². The smallest absolute Gasteiger partial charge is 0.124 e. The largest absolute Gasteiger partial charge is 0.315 e. The van der Waals surface area contributed by atoms with Crippen LogP contribution in [0.1, 0.15) is 38.3 Å². The zero-order valence-corrected chi connectivity index (χ0v) is 12.4. The molecule has 0 aliphatic carbocycles. The quantitative estimate of drug-likeness (QED) is 0.888. The maximum Gasteiger partial charge on any atom is 0.124 e. The van der Waals surface area contributed by atoms with Crippen molar-refractivity contribution in [2.75, 3.05) is 19.6 Å². The standard InChI is InChI=1S/C15H22ClFN2/c1-3-8-19(13-6-7-18-10-13)11(2)14-5-4-12(17)9-15(14)16/h4-5,9,11,13,18H,3,6-8,10H2,1-2H3. The molecule has 19 heavy (non-hydrogen) atoms. The highest BCUT2D eigenvalue weighted by molar-refractivity contribution is 6.31. The van der Waals surface area contributed by atoms with E-state index in [1.807, 2.05) is 6.07 Å². The van der Waals surface area contributed by atoms with Crippen LogP contribution in [0, 0.1) is 5.82 Å². The summed E-state index contributed by atoms with van der Waals surface area (Å²) < 4.78 is 13.2. The van der Waals surface area contributed by atoms with Gasteiger partial charge in [-0.2, -0.15) is 0 Å². The molecule has 1 aromatic carbocycles. The molecule has 0 bridgehead atoms. The molecule has 4 heteroatoms. The normalized spacial score (nSPS) is 21.0. The molecule has 2 atom stereocenters. The third-order valence-corrected chi connectivity index (χ3v) is 4.22. The minimum Gasteiger partial charge on any atom is -0.315 e. The van der Waals surface area contributed by atoms with Crippen LogP contribution in [-0.4, -0.2) is 30.6 Å². The molecule has 0 radical (unpaired) electrons. The minimum atomic E-state index is -0.273. The summed E-state index contributed by atoms with van der Waals surface area (Å²) in [7, 11) is 0. The predicted octanol–water partition coefficient (Wildman–Crippen LogP) is 3.61. The lowest BCUT2D eigenvalue weighted by Crippen LogP contribution is -2.39. The first-order valence-electron chi connectivity index (χ1n) is 7.05. The Labute approximate surface area is 119 Å². The average molecular weight is 285 g/mol. The SMILES string of the molecule is CCCN(C1CCNC1)C(C)c1ccc(F)cc1Cl. The Kier molecular flexibility index (Phi) is 5.20. The van der Waals surface area contributed by atoms with Crippen LogP contribution in [0.4, 0.5) is 4.39 Å². The number of benzene rings is 1. The molecular weight excluding hydrogens is 263 g/mol. The zero-order chi connectivity index (χ0) is 13.8. The number of halogens is 2. The van der Waals surface area contributed by atoms with Crippen molar-refractivity contribution in [2.24, 2.45) is 0 Å². The van der Waals surface area contributed by atoms with Crippen LogP contribution in [0.25, 0.3) is 0 Å². The molecule has 1 aromatic rings. The van der Waals surface area contributed by atoms with E-state index in [0.717, 1.165) is 31.6 Å². The molecule has 1 saturated heterocycles. The Morgan fingerprint density at radius 1 is 1.53 bits per heavy atom. The van der Waals surface area contributed by atoms with E-state index >= 15 is 0 Å². The van der Waals surface area contributed by atoms with Gasteiger partial charge in [0.1, 0.15) is 5.82 Å². The summed E-state index contributed by atoms with van der Waals surface area (Å²) in [4.78, 5) is 2.49. The summed E-state index contributed by atoms with van der Waals surface area (Å²) in [6, 6.07) is 5.49. The molecule has 0 saturated carbocycles. The molecule has 2 unspecified atom stereocenters. The molecule has 0 amide bonds. The van der Waals surface area contributed by atoms with E-state index in [9.17, 15) is 4.39 Å². The Balaban J connectivity index is 2.19. The summed E-state index contributed by atoms with van der Waals surface area (Å²) in [5.41, 5.74) is 1.02. The third-order valence-electron chi connectivity index (χ3n) is 3.90. The van der Waals surface area contributed by atoms with Gasteiger partial charge in [-0.15, -0.1) is 0 Å². The summed E-state index contributed by atoms with van der Waals surface area (Å²) in [5.74, 6) is -0.273. The second-order valence-electron chi connectivity index (χ2n) is 5.23. The van der Waals surface area contributed by atoms with E-state index in [1.54, 1.807) is 0 Å². The van der Waals surface area contributed by atoms with Crippen molar-refractivity contribution < 1.29 is 4.39 Å². The number of nitrogens with one attached hydrogen (secondary N) is 1. The van der Waals surface area contributed by atoms with Crippen molar-refractivity contribution in [1.29, 1.82) is 0 Å². The van der Waals surface area contributed by atoms with Gasteiger partial charge < -0.3 is 5.32 Å². The number of nitrogens with zero attached hydrogens (tertiary/aromatic N) is 1. The molecule has 0 spiro atoms. The third kappa shape index (κ3) is 3.47. The van der Waals surface area contributed by atoms with Crippen LogP contribution in [0.3, 0.4) is 0 Å². The van der Waals surface area contributed by atoms with Crippen molar-refractivity contribution >= 4 is 11.6 Å². The molecule has 1 heterocycles. The van der Waals surface area contributed by atoms with Gasteiger partial charge in [-0.05, 0) is 50.6 Å². The van der Waals surface area contributed by atoms with Crippen LogP contribution in [0.15, 0.2) is 18.2 Å². The molecule has 0 aromatic heterocycles. The molecule has 106 valence electrons. The van der Waals surface area contributed by atoms with Crippen LogP contribution >= 0.6 is 11.6 Å². The van der Waals surface area contributed by atoms with E-state index < -0.39 is 0 Å². The molecule has 1 N–H and O–H groups in total. The van der Waals surface area contributed by atoms with Crippen molar-refractivity contribution in [1.82, 2.24) is 10.2 Å². The lowest BCUT2D eigenvalue weighted by molar-refractivity contribution is 0.153. The van der Waals surface area contributed by atoms with E-state index in [-0.39, 0.29) is 11.9 Å². The first-order valence-corrected chi connectivity index (χ1v) is 7.42. The van der Waals surface area contributed by atoms with Crippen LogP contribution in [0.5, 0.6) is 0 Å². The Morgan fingerprint density at radius 2 is 2.32 bits per heavy atom. The fraction of sp³-hybridized carbons (Fsp3) is 0.600. The first kappa shape index (κ1) is 14.8. The number of hydrogen-bond acceptors (Lipinski definition) is 2. The van der Waals surface area contributed by atoms with Gasteiger partial charge in [-0.3, -0.25) is 4.90 Å². The second kappa shape index (κ2) is 6.69. The number of rotatable bonds is 5. The highest BCUT2D eigenvalue weighted by atomic mass is 35.5. The van der Waals surface area contributed by atoms with E-state index in [2.05, 4.69) is 24.1 Å². The van der Waals surface area contributed by atoms with Crippen LogP contribution in [0.2, 0.25) is 5.02 Å². The predicted molar refractivity (Wildman–Crippen MR) is 78.1 cm³/mol. The summed E-state index contributed by atoms with van der Waals surface area (Å²) in [5, 5.41) is 3.93. The van der Waals surface area contributed by atoms with E-state index in [0.29, 0.717) is 11.1 Å². The van der Waals surface area contributed by atoms with Gasteiger partial charge in [0.2, 0.25) is 0 Å². The van der Waals surface area contributed by atoms with Crippen molar-refractivity contribution in [3.63, 3.8) is 0 Å². The Bertz CT molecular complexity index is 419.